The Kier molecular flexibility index (Phi) is 5.07. The van der Waals surface area contributed by atoms with Crippen LogP contribution < -0.4 is 4.74 Å². The van der Waals surface area contributed by atoms with Gasteiger partial charge in [0.15, 0.2) is 5.78 Å². The number of rotatable bonds is 4. The molecule has 0 spiro atoms. The van der Waals surface area contributed by atoms with Gasteiger partial charge in [-0.2, -0.15) is 0 Å². The molecule has 1 aromatic carbocycles. The smallest absolute Gasteiger partial charge is 0.406 e. The van der Waals surface area contributed by atoms with Crippen molar-refractivity contribution in [1.29, 1.82) is 0 Å². The molecule has 0 aromatic heterocycles. The first-order valence-corrected chi connectivity index (χ1v) is 7.32. The van der Waals surface area contributed by atoms with Gasteiger partial charge in [0.1, 0.15) is 5.75 Å². The minimum absolute atomic E-state index is 0.103. The van der Waals surface area contributed by atoms with Gasteiger partial charge in [-0.25, -0.2) is 0 Å². The van der Waals surface area contributed by atoms with E-state index in [9.17, 15) is 18.0 Å². The van der Waals surface area contributed by atoms with Crippen LogP contribution in [0.25, 0.3) is 0 Å². The molecule has 7 heteroatoms. The van der Waals surface area contributed by atoms with Crippen LogP contribution in [0.1, 0.15) is 12.5 Å². The predicted octanol–water partition coefficient (Wildman–Crippen LogP) is 4.11. The van der Waals surface area contributed by atoms with E-state index in [0.29, 0.717) is 22.7 Å². The maximum Gasteiger partial charge on any atom is 0.573 e. The highest BCUT2D eigenvalue weighted by molar-refractivity contribution is 8.02. The highest BCUT2D eigenvalue weighted by Gasteiger charge is 2.31. The van der Waals surface area contributed by atoms with Crippen molar-refractivity contribution in [2.45, 2.75) is 13.3 Å². The van der Waals surface area contributed by atoms with Gasteiger partial charge in [0, 0.05) is 11.3 Å². The molecule has 0 saturated heterocycles. The fourth-order valence-electron chi connectivity index (χ4n) is 1.72. The van der Waals surface area contributed by atoms with Crippen molar-refractivity contribution in [3.8, 4) is 5.75 Å². The summed E-state index contributed by atoms with van der Waals surface area (Å²) in [6.45, 7) is 1.43. The third-order valence-electron chi connectivity index (χ3n) is 2.58. The normalized spacial score (nSPS) is 15.5. The summed E-state index contributed by atoms with van der Waals surface area (Å²) in [6, 6.07) is 5.68. The van der Waals surface area contributed by atoms with E-state index in [-0.39, 0.29) is 11.5 Å². The van der Waals surface area contributed by atoms with Crippen LogP contribution in [0.5, 0.6) is 5.75 Å². The number of carbonyl (C=O) groups excluding carboxylic acids is 1. The van der Waals surface area contributed by atoms with Crippen molar-refractivity contribution in [2.24, 2.45) is 4.99 Å². The molecule has 0 unspecified atom stereocenters. The number of allylic oxidation sites excluding steroid dienone is 2. The summed E-state index contributed by atoms with van der Waals surface area (Å²) >= 11 is 1.46. The Morgan fingerprint density at radius 2 is 2.18 bits per heavy atom. The Morgan fingerprint density at radius 3 is 2.86 bits per heavy atom. The van der Waals surface area contributed by atoms with Gasteiger partial charge in [-0.15, -0.1) is 24.9 Å². The highest BCUT2D eigenvalue weighted by atomic mass is 32.2. The van der Waals surface area contributed by atoms with Crippen molar-refractivity contribution in [3.63, 3.8) is 0 Å². The summed E-state index contributed by atoms with van der Waals surface area (Å²) in [5, 5.41) is 1.79. The Balaban J connectivity index is 2.22. The molecular formula is C15H12F3NO2S. The zero-order valence-electron chi connectivity index (χ0n) is 11.6. The number of halogens is 3. The van der Waals surface area contributed by atoms with Crippen molar-refractivity contribution in [1.82, 2.24) is 0 Å². The van der Waals surface area contributed by atoms with Gasteiger partial charge in [0.05, 0.1) is 11.4 Å². The van der Waals surface area contributed by atoms with E-state index in [1.54, 1.807) is 17.6 Å². The average Bonchev–Trinajstić information content (AvgIpc) is 2.44. The molecule has 0 bridgehead atoms. The van der Waals surface area contributed by atoms with Crippen molar-refractivity contribution in [2.75, 3.05) is 5.75 Å². The molecule has 0 fully saturated rings. The van der Waals surface area contributed by atoms with Gasteiger partial charge in [-0.05, 0) is 36.6 Å². The summed E-state index contributed by atoms with van der Waals surface area (Å²) in [4.78, 5) is 15.3. The molecule has 0 atom stereocenters. The van der Waals surface area contributed by atoms with Gasteiger partial charge in [-0.1, -0.05) is 12.1 Å². The van der Waals surface area contributed by atoms with Crippen LogP contribution in [0.15, 0.2) is 52.5 Å². The molecule has 1 heterocycles. The molecule has 3 nitrogen and oxygen atoms in total. The van der Waals surface area contributed by atoms with Crippen LogP contribution in [0.4, 0.5) is 13.2 Å². The number of benzene rings is 1. The molecule has 1 aromatic rings. The number of nitrogens with zero attached hydrogens (tertiary/aromatic N) is 1. The van der Waals surface area contributed by atoms with Crippen LogP contribution >= 0.6 is 11.8 Å². The predicted molar refractivity (Wildman–Crippen MR) is 80.0 cm³/mol. The first-order chi connectivity index (χ1) is 10.3. The highest BCUT2D eigenvalue weighted by Crippen LogP contribution is 2.26. The number of aliphatic imine (C=N–C) groups is 1. The average molecular weight is 327 g/mol. The zero-order chi connectivity index (χ0) is 16.2. The van der Waals surface area contributed by atoms with E-state index in [4.69, 9.17) is 0 Å². The SMILES string of the molecule is CC(=O)/C=C/C1=CSCC(c2cccc(OC(F)(F)F)c2)=N1. The number of hydrogen-bond donors (Lipinski definition) is 0. The molecule has 0 aliphatic carbocycles. The van der Waals surface area contributed by atoms with E-state index in [2.05, 4.69) is 9.73 Å². The van der Waals surface area contributed by atoms with Gasteiger partial charge in [0.25, 0.3) is 0 Å². The van der Waals surface area contributed by atoms with E-state index in [0.717, 1.165) is 0 Å². The van der Waals surface area contributed by atoms with E-state index < -0.39 is 6.36 Å². The minimum Gasteiger partial charge on any atom is -0.406 e. The van der Waals surface area contributed by atoms with Crippen LogP contribution in [-0.2, 0) is 4.79 Å². The monoisotopic (exact) mass is 327 g/mol. The fourth-order valence-corrected chi connectivity index (χ4v) is 2.49. The van der Waals surface area contributed by atoms with E-state index in [1.165, 1.54) is 43.0 Å². The number of thioether (sulfide) groups is 1. The third kappa shape index (κ3) is 5.07. The zero-order valence-corrected chi connectivity index (χ0v) is 12.4. The lowest BCUT2D eigenvalue weighted by Crippen LogP contribution is -2.17. The summed E-state index contributed by atoms with van der Waals surface area (Å²) in [5.74, 6) is 0.147. The summed E-state index contributed by atoms with van der Waals surface area (Å²) in [6.07, 6.45) is -1.76. The summed E-state index contributed by atoms with van der Waals surface area (Å²) in [5.41, 5.74) is 1.77. The second kappa shape index (κ2) is 6.83. The number of ether oxygens (including phenoxy) is 1. The molecule has 1 aliphatic rings. The lowest BCUT2D eigenvalue weighted by atomic mass is 10.1. The number of ketones is 1. The quantitative estimate of drug-likeness (QED) is 0.781. The largest absolute Gasteiger partial charge is 0.573 e. The van der Waals surface area contributed by atoms with Crippen molar-refractivity contribution >= 4 is 23.3 Å². The Bertz CT molecular complexity index is 663. The molecule has 116 valence electrons. The summed E-state index contributed by atoms with van der Waals surface area (Å²) < 4.78 is 40.6. The molecule has 1 aliphatic heterocycles. The maximum absolute atomic E-state index is 12.2. The van der Waals surface area contributed by atoms with Gasteiger partial charge < -0.3 is 4.74 Å². The van der Waals surface area contributed by atoms with E-state index >= 15 is 0 Å². The number of alkyl halides is 3. The number of hydrogen-bond acceptors (Lipinski definition) is 4. The Morgan fingerprint density at radius 1 is 1.41 bits per heavy atom. The molecule has 0 radical (unpaired) electrons. The van der Waals surface area contributed by atoms with E-state index in [1.807, 2.05) is 0 Å². The Hall–Kier alpha value is -2.02. The maximum atomic E-state index is 12.2. The lowest BCUT2D eigenvalue weighted by molar-refractivity contribution is -0.274. The van der Waals surface area contributed by atoms with Gasteiger partial charge >= 0.3 is 6.36 Å². The van der Waals surface area contributed by atoms with Gasteiger partial charge in [0.2, 0.25) is 0 Å². The third-order valence-corrected chi connectivity index (χ3v) is 3.43. The van der Waals surface area contributed by atoms with Crippen LogP contribution in [0.3, 0.4) is 0 Å². The van der Waals surface area contributed by atoms with Crippen LogP contribution in [0, 0.1) is 0 Å². The standard InChI is InChI=1S/C15H12F3NO2S/c1-10(20)5-6-12-8-22-9-14(19-12)11-3-2-4-13(7-11)21-15(16,17)18/h2-8H,9H2,1H3/b6-5+. The molecular weight excluding hydrogens is 315 g/mol. The molecule has 2 rings (SSSR count). The lowest BCUT2D eigenvalue weighted by Gasteiger charge is -2.13. The van der Waals surface area contributed by atoms with Crippen LogP contribution in [0.2, 0.25) is 0 Å². The summed E-state index contributed by atoms with van der Waals surface area (Å²) in [7, 11) is 0. The topological polar surface area (TPSA) is 38.7 Å². The van der Waals surface area contributed by atoms with Crippen molar-refractivity contribution < 1.29 is 22.7 Å². The molecule has 0 amide bonds. The first kappa shape index (κ1) is 16.4. The fraction of sp³-hybridized carbons (Fsp3) is 0.200. The molecule has 0 N–H and O–H groups in total. The second-order valence-electron chi connectivity index (χ2n) is 4.43. The first-order valence-electron chi connectivity index (χ1n) is 6.28. The van der Waals surface area contributed by atoms with Crippen molar-refractivity contribution in [3.05, 3.63) is 53.1 Å². The van der Waals surface area contributed by atoms with Crippen LogP contribution in [-0.4, -0.2) is 23.6 Å². The molecule has 0 saturated carbocycles. The molecule has 22 heavy (non-hydrogen) atoms. The Labute approximate surface area is 129 Å². The minimum atomic E-state index is -4.73. The van der Waals surface area contributed by atoms with Gasteiger partial charge in [-0.3, -0.25) is 9.79 Å². The second-order valence-corrected chi connectivity index (χ2v) is 5.29. The number of carbonyl (C=O) groups is 1.